The first-order valence-electron chi connectivity index (χ1n) is 5.85. The normalized spacial score (nSPS) is 29.6. The highest BCUT2D eigenvalue weighted by molar-refractivity contribution is 5.86. The van der Waals surface area contributed by atoms with E-state index >= 15 is 0 Å². The summed E-state index contributed by atoms with van der Waals surface area (Å²) in [6.07, 6.45) is 5.97. The van der Waals surface area contributed by atoms with Crippen molar-refractivity contribution in [3.8, 4) is 0 Å². The van der Waals surface area contributed by atoms with Gasteiger partial charge in [0, 0.05) is 24.9 Å². The van der Waals surface area contributed by atoms with Gasteiger partial charge in [-0.05, 0) is 25.0 Å². The summed E-state index contributed by atoms with van der Waals surface area (Å²) in [6.45, 7) is 0.890. The first kappa shape index (κ1) is 9.90. The number of rotatable bonds is 2. The molecule has 2 atom stereocenters. The predicted molar refractivity (Wildman–Crippen MR) is 59.5 cm³/mol. The van der Waals surface area contributed by atoms with Crippen molar-refractivity contribution in [1.82, 2.24) is 4.90 Å². The Morgan fingerprint density at radius 3 is 2.69 bits per heavy atom. The minimum absolute atomic E-state index is 0.537. The molecule has 2 unspecified atom stereocenters. The van der Waals surface area contributed by atoms with E-state index in [0.717, 1.165) is 30.9 Å². The third-order valence-electron chi connectivity index (χ3n) is 3.77. The molecule has 86 valence electrons. The Morgan fingerprint density at radius 2 is 2.12 bits per heavy atom. The molecule has 0 amide bonds. The fraction of sp³-hybridized carbons (Fsp3) is 0.583. The number of hydrogen-bond acceptors (Lipinski definition) is 4. The van der Waals surface area contributed by atoms with Crippen LogP contribution >= 0.6 is 0 Å². The highest BCUT2D eigenvalue weighted by atomic mass is 16.4. The molecular weight excluding hydrogens is 204 g/mol. The summed E-state index contributed by atoms with van der Waals surface area (Å²) >= 11 is 0. The van der Waals surface area contributed by atoms with E-state index in [9.17, 15) is 0 Å². The van der Waals surface area contributed by atoms with Gasteiger partial charge in [-0.15, -0.1) is 0 Å². The molecule has 16 heavy (non-hydrogen) atoms. The van der Waals surface area contributed by atoms with Crippen LogP contribution in [0.4, 0.5) is 0 Å². The van der Waals surface area contributed by atoms with Crippen LogP contribution in [-0.2, 0) is 6.54 Å². The molecule has 0 saturated carbocycles. The van der Waals surface area contributed by atoms with Crippen LogP contribution in [0, 0.1) is 0 Å². The van der Waals surface area contributed by atoms with Crippen molar-refractivity contribution in [2.75, 3.05) is 0 Å². The quantitative estimate of drug-likeness (QED) is 0.614. The first-order valence-corrected chi connectivity index (χ1v) is 5.85. The largest absolute Gasteiger partial charge is 0.468 e. The summed E-state index contributed by atoms with van der Waals surface area (Å²) < 4.78 is 5.39. The molecule has 3 rings (SSSR count). The third-order valence-corrected chi connectivity index (χ3v) is 3.77. The van der Waals surface area contributed by atoms with Gasteiger partial charge in [-0.1, -0.05) is 5.16 Å². The highest BCUT2D eigenvalue weighted by Crippen LogP contribution is 2.35. The maximum atomic E-state index is 8.85. The van der Waals surface area contributed by atoms with Gasteiger partial charge in [0.05, 0.1) is 18.5 Å². The Morgan fingerprint density at radius 1 is 1.38 bits per heavy atom. The van der Waals surface area contributed by atoms with Crippen LogP contribution < -0.4 is 0 Å². The van der Waals surface area contributed by atoms with Crippen molar-refractivity contribution >= 4 is 5.71 Å². The Balaban J connectivity index is 1.74. The Hall–Kier alpha value is -1.29. The van der Waals surface area contributed by atoms with Crippen LogP contribution in [0.15, 0.2) is 28.0 Å². The topological polar surface area (TPSA) is 49.0 Å². The van der Waals surface area contributed by atoms with Crippen LogP contribution in [0.2, 0.25) is 0 Å². The van der Waals surface area contributed by atoms with E-state index in [0.29, 0.717) is 12.1 Å². The molecule has 0 aromatic carbocycles. The van der Waals surface area contributed by atoms with Gasteiger partial charge in [-0.25, -0.2) is 0 Å². The van der Waals surface area contributed by atoms with Crippen molar-refractivity contribution < 1.29 is 9.62 Å². The van der Waals surface area contributed by atoms with Gasteiger partial charge in [-0.3, -0.25) is 4.90 Å². The lowest BCUT2D eigenvalue weighted by molar-refractivity contribution is 0.158. The fourth-order valence-electron chi connectivity index (χ4n) is 3.00. The predicted octanol–water partition coefficient (Wildman–Crippen LogP) is 2.24. The van der Waals surface area contributed by atoms with Crippen molar-refractivity contribution in [3.63, 3.8) is 0 Å². The minimum atomic E-state index is 0.537. The molecule has 1 N–H and O–H groups in total. The van der Waals surface area contributed by atoms with Crippen molar-refractivity contribution in [2.24, 2.45) is 5.16 Å². The molecule has 0 radical (unpaired) electrons. The van der Waals surface area contributed by atoms with Gasteiger partial charge in [0.25, 0.3) is 0 Å². The van der Waals surface area contributed by atoms with Crippen molar-refractivity contribution in [1.29, 1.82) is 0 Å². The smallest absolute Gasteiger partial charge is 0.117 e. The van der Waals surface area contributed by atoms with Crippen molar-refractivity contribution in [2.45, 2.75) is 44.3 Å². The molecule has 4 heteroatoms. The summed E-state index contributed by atoms with van der Waals surface area (Å²) in [6, 6.07) is 5.03. The van der Waals surface area contributed by atoms with Gasteiger partial charge in [0.2, 0.25) is 0 Å². The van der Waals surface area contributed by atoms with E-state index in [1.807, 2.05) is 12.1 Å². The third kappa shape index (κ3) is 1.63. The summed E-state index contributed by atoms with van der Waals surface area (Å²) in [4.78, 5) is 2.49. The van der Waals surface area contributed by atoms with E-state index in [2.05, 4.69) is 10.1 Å². The van der Waals surface area contributed by atoms with E-state index in [1.165, 1.54) is 12.8 Å². The average molecular weight is 220 g/mol. The molecule has 0 aliphatic carbocycles. The van der Waals surface area contributed by atoms with Crippen LogP contribution in [0.25, 0.3) is 0 Å². The molecule has 1 aromatic heterocycles. The molecule has 2 saturated heterocycles. The lowest BCUT2D eigenvalue weighted by atomic mass is 10.0. The van der Waals surface area contributed by atoms with E-state index in [4.69, 9.17) is 9.62 Å². The second kappa shape index (κ2) is 3.94. The van der Waals surface area contributed by atoms with Gasteiger partial charge in [0.1, 0.15) is 5.76 Å². The second-order valence-electron chi connectivity index (χ2n) is 4.71. The average Bonchev–Trinajstić information content (AvgIpc) is 2.87. The summed E-state index contributed by atoms with van der Waals surface area (Å²) in [5, 5.41) is 12.2. The molecule has 1 aromatic rings. The van der Waals surface area contributed by atoms with Crippen LogP contribution in [0.5, 0.6) is 0 Å². The summed E-state index contributed by atoms with van der Waals surface area (Å²) in [5.41, 5.74) is 0.961. The highest BCUT2D eigenvalue weighted by Gasteiger charge is 2.39. The van der Waals surface area contributed by atoms with Crippen LogP contribution in [-0.4, -0.2) is 27.9 Å². The molecule has 2 aliphatic heterocycles. The molecular formula is C12H16N2O2. The molecule has 0 spiro atoms. The lowest BCUT2D eigenvalue weighted by Gasteiger charge is -2.34. The van der Waals surface area contributed by atoms with Gasteiger partial charge in [0.15, 0.2) is 0 Å². The SMILES string of the molecule is ON=C1CC2CCC(C1)N2Cc1ccco1. The van der Waals surface area contributed by atoms with Gasteiger partial charge < -0.3 is 9.62 Å². The molecule has 2 aliphatic rings. The summed E-state index contributed by atoms with van der Waals surface area (Å²) in [7, 11) is 0. The maximum Gasteiger partial charge on any atom is 0.117 e. The molecule has 2 fully saturated rings. The Bertz CT molecular complexity index is 370. The zero-order chi connectivity index (χ0) is 11.0. The van der Waals surface area contributed by atoms with Crippen LogP contribution in [0.1, 0.15) is 31.4 Å². The van der Waals surface area contributed by atoms with Crippen LogP contribution in [0.3, 0.4) is 0 Å². The second-order valence-corrected chi connectivity index (χ2v) is 4.71. The fourth-order valence-corrected chi connectivity index (χ4v) is 3.00. The van der Waals surface area contributed by atoms with Crippen molar-refractivity contribution in [3.05, 3.63) is 24.2 Å². The van der Waals surface area contributed by atoms with E-state index in [-0.39, 0.29) is 0 Å². The lowest BCUT2D eigenvalue weighted by Crippen LogP contribution is -2.42. The van der Waals surface area contributed by atoms with Gasteiger partial charge >= 0.3 is 0 Å². The number of furan rings is 1. The van der Waals surface area contributed by atoms with E-state index in [1.54, 1.807) is 6.26 Å². The molecule has 3 heterocycles. The van der Waals surface area contributed by atoms with Gasteiger partial charge in [-0.2, -0.15) is 0 Å². The Labute approximate surface area is 94.5 Å². The number of fused-ring (bicyclic) bond motifs is 2. The maximum absolute atomic E-state index is 8.85. The summed E-state index contributed by atoms with van der Waals surface area (Å²) in [5.74, 6) is 1.03. The zero-order valence-electron chi connectivity index (χ0n) is 9.17. The standard InChI is InChI=1S/C12H16N2O2/c15-13-9-6-10-3-4-11(7-9)14(10)8-12-2-1-5-16-12/h1-2,5,10-11,15H,3-4,6-8H2. The molecule has 2 bridgehead atoms. The zero-order valence-corrected chi connectivity index (χ0v) is 9.17. The molecule has 4 nitrogen and oxygen atoms in total. The number of piperidine rings is 1. The number of hydrogen-bond donors (Lipinski definition) is 1. The Kier molecular flexibility index (Phi) is 2.44. The van der Waals surface area contributed by atoms with E-state index < -0.39 is 0 Å². The number of oxime groups is 1. The minimum Gasteiger partial charge on any atom is -0.468 e. The monoisotopic (exact) mass is 220 g/mol. The number of nitrogens with zero attached hydrogens (tertiary/aromatic N) is 2. The first-order chi connectivity index (χ1) is 7.86.